The molecule has 1 aliphatic rings. The minimum Gasteiger partial charge on any atom is -0.357 e. The van der Waals surface area contributed by atoms with Gasteiger partial charge in [-0.05, 0) is 44.4 Å². The molecule has 0 N–H and O–H groups in total. The van der Waals surface area contributed by atoms with Crippen molar-refractivity contribution in [3.63, 3.8) is 0 Å². The Morgan fingerprint density at radius 1 is 1.22 bits per heavy atom. The van der Waals surface area contributed by atoms with Crippen LogP contribution in [0.5, 0.6) is 0 Å². The molecule has 0 saturated carbocycles. The Balaban J connectivity index is 1.74. The number of hydrogen-bond acceptors (Lipinski definition) is 4. The van der Waals surface area contributed by atoms with Gasteiger partial charge in [-0.15, -0.1) is 0 Å². The molecule has 23 heavy (non-hydrogen) atoms. The lowest BCUT2D eigenvalue weighted by Gasteiger charge is -2.24. The summed E-state index contributed by atoms with van der Waals surface area (Å²) in [5, 5.41) is 4.53. The second kappa shape index (κ2) is 6.02. The zero-order valence-electron chi connectivity index (χ0n) is 12.9. The van der Waals surface area contributed by atoms with Gasteiger partial charge in [-0.1, -0.05) is 15.9 Å². The molecule has 6 heteroatoms. The van der Waals surface area contributed by atoms with Gasteiger partial charge in [-0.3, -0.25) is 4.98 Å². The fourth-order valence-electron chi connectivity index (χ4n) is 3.00. The van der Waals surface area contributed by atoms with E-state index in [1.54, 1.807) is 0 Å². The van der Waals surface area contributed by atoms with E-state index in [0.717, 1.165) is 51.9 Å². The molecular formula is C17H17BrN4O. The van der Waals surface area contributed by atoms with Gasteiger partial charge in [0.05, 0.1) is 29.1 Å². The second-order valence-electron chi connectivity index (χ2n) is 5.80. The van der Waals surface area contributed by atoms with Crippen molar-refractivity contribution in [1.29, 1.82) is 0 Å². The number of halogens is 1. The van der Waals surface area contributed by atoms with Crippen molar-refractivity contribution in [3.8, 4) is 11.3 Å². The van der Waals surface area contributed by atoms with Gasteiger partial charge in [-0.25, -0.2) is 9.67 Å². The van der Waals surface area contributed by atoms with Crippen LogP contribution in [-0.2, 0) is 4.74 Å². The highest BCUT2D eigenvalue weighted by molar-refractivity contribution is 9.10. The van der Waals surface area contributed by atoms with Crippen molar-refractivity contribution in [2.24, 2.45) is 0 Å². The van der Waals surface area contributed by atoms with Gasteiger partial charge in [0.2, 0.25) is 0 Å². The monoisotopic (exact) mass is 372 g/mol. The van der Waals surface area contributed by atoms with Crippen LogP contribution in [-0.4, -0.2) is 26.4 Å². The zero-order chi connectivity index (χ0) is 15.8. The first kappa shape index (κ1) is 14.8. The summed E-state index contributed by atoms with van der Waals surface area (Å²) in [6.45, 7) is 2.87. The highest BCUT2D eigenvalue weighted by Gasteiger charge is 2.20. The number of fused-ring (bicyclic) bond motifs is 1. The molecule has 0 spiro atoms. The SMILES string of the molecule is Cc1c(-c2cnc3ccc(Br)cc3n2)cnn1C1CCCCO1. The minimum atomic E-state index is 0.0417. The van der Waals surface area contributed by atoms with Crippen LogP contribution in [0.3, 0.4) is 0 Å². The first-order valence-corrected chi connectivity index (χ1v) is 8.60. The Morgan fingerprint density at radius 2 is 2.13 bits per heavy atom. The molecule has 0 radical (unpaired) electrons. The number of hydrogen-bond donors (Lipinski definition) is 0. The molecule has 0 amide bonds. The summed E-state index contributed by atoms with van der Waals surface area (Å²) >= 11 is 3.48. The van der Waals surface area contributed by atoms with Crippen molar-refractivity contribution in [2.75, 3.05) is 6.61 Å². The van der Waals surface area contributed by atoms with Crippen molar-refractivity contribution in [2.45, 2.75) is 32.4 Å². The van der Waals surface area contributed by atoms with E-state index >= 15 is 0 Å². The van der Waals surface area contributed by atoms with Crippen LogP contribution in [0.4, 0.5) is 0 Å². The quantitative estimate of drug-likeness (QED) is 0.674. The van der Waals surface area contributed by atoms with E-state index in [4.69, 9.17) is 9.72 Å². The maximum absolute atomic E-state index is 5.84. The number of ether oxygens (including phenoxy) is 1. The molecule has 1 aliphatic heterocycles. The standard InChI is InChI=1S/C17H17BrN4O/c1-11-13(9-20-22(11)17-4-2-3-7-23-17)16-10-19-14-6-5-12(18)8-15(14)21-16/h5-6,8-10,17H,2-4,7H2,1H3. The van der Waals surface area contributed by atoms with Gasteiger partial charge < -0.3 is 4.74 Å². The topological polar surface area (TPSA) is 52.8 Å². The molecule has 1 aromatic carbocycles. The van der Waals surface area contributed by atoms with Gasteiger partial charge in [0.1, 0.15) is 6.23 Å². The molecule has 4 rings (SSSR count). The smallest absolute Gasteiger partial charge is 0.150 e. The minimum absolute atomic E-state index is 0.0417. The van der Waals surface area contributed by atoms with Crippen LogP contribution in [0.15, 0.2) is 35.1 Å². The van der Waals surface area contributed by atoms with E-state index < -0.39 is 0 Å². The Hall–Kier alpha value is -1.79. The summed E-state index contributed by atoms with van der Waals surface area (Å²) in [7, 11) is 0. The Bertz CT molecular complexity index is 855. The summed E-state index contributed by atoms with van der Waals surface area (Å²) in [5.74, 6) is 0. The molecule has 3 aromatic rings. The maximum atomic E-state index is 5.84. The third kappa shape index (κ3) is 2.77. The molecule has 1 fully saturated rings. The fourth-order valence-corrected chi connectivity index (χ4v) is 3.35. The van der Waals surface area contributed by atoms with Crippen LogP contribution in [0.2, 0.25) is 0 Å². The van der Waals surface area contributed by atoms with E-state index in [9.17, 15) is 0 Å². The third-order valence-corrected chi connectivity index (χ3v) is 4.75. The van der Waals surface area contributed by atoms with E-state index in [1.165, 1.54) is 6.42 Å². The Labute approximate surface area is 142 Å². The first-order valence-electron chi connectivity index (χ1n) is 7.81. The first-order chi connectivity index (χ1) is 11.2. The molecule has 1 atom stereocenters. The number of benzene rings is 1. The zero-order valence-corrected chi connectivity index (χ0v) is 14.5. The average Bonchev–Trinajstić information content (AvgIpc) is 2.96. The van der Waals surface area contributed by atoms with Crippen LogP contribution < -0.4 is 0 Å². The van der Waals surface area contributed by atoms with Crippen LogP contribution in [0.25, 0.3) is 22.3 Å². The van der Waals surface area contributed by atoms with Crippen molar-refractivity contribution < 1.29 is 4.74 Å². The van der Waals surface area contributed by atoms with Crippen LogP contribution in [0, 0.1) is 6.92 Å². The van der Waals surface area contributed by atoms with Crippen molar-refractivity contribution in [3.05, 3.63) is 40.8 Å². The third-order valence-electron chi connectivity index (χ3n) is 4.25. The Morgan fingerprint density at radius 3 is 2.96 bits per heavy atom. The van der Waals surface area contributed by atoms with Gasteiger partial charge in [-0.2, -0.15) is 5.10 Å². The number of aromatic nitrogens is 4. The summed E-state index contributed by atoms with van der Waals surface area (Å²) in [4.78, 5) is 9.25. The number of rotatable bonds is 2. The summed E-state index contributed by atoms with van der Waals surface area (Å²) in [6, 6.07) is 5.92. The van der Waals surface area contributed by atoms with E-state index in [1.807, 2.05) is 35.3 Å². The van der Waals surface area contributed by atoms with Crippen molar-refractivity contribution in [1.82, 2.24) is 19.7 Å². The van der Waals surface area contributed by atoms with Gasteiger partial charge in [0.15, 0.2) is 0 Å². The normalized spacial score (nSPS) is 18.4. The highest BCUT2D eigenvalue weighted by atomic mass is 79.9. The van der Waals surface area contributed by atoms with Crippen LogP contribution >= 0.6 is 15.9 Å². The summed E-state index contributed by atoms with van der Waals surface area (Å²) in [6.07, 6.45) is 7.05. The lowest BCUT2D eigenvalue weighted by atomic mass is 10.1. The van der Waals surface area contributed by atoms with E-state index in [-0.39, 0.29) is 6.23 Å². The molecular weight excluding hydrogens is 356 g/mol. The second-order valence-corrected chi connectivity index (χ2v) is 6.71. The summed E-state index contributed by atoms with van der Waals surface area (Å²) < 4.78 is 8.81. The number of nitrogens with zero attached hydrogens (tertiary/aromatic N) is 4. The predicted octanol–water partition coefficient (Wildman–Crippen LogP) is 4.26. The van der Waals surface area contributed by atoms with Crippen LogP contribution in [0.1, 0.15) is 31.2 Å². The Kier molecular flexibility index (Phi) is 3.87. The molecule has 2 aromatic heterocycles. The molecule has 1 saturated heterocycles. The van der Waals surface area contributed by atoms with Gasteiger partial charge in [0, 0.05) is 22.3 Å². The van der Waals surface area contributed by atoms with Crippen molar-refractivity contribution >= 4 is 27.0 Å². The molecule has 118 valence electrons. The summed E-state index contributed by atoms with van der Waals surface area (Å²) in [5.41, 5.74) is 4.68. The van der Waals surface area contributed by atoms with Gasteiger partial charge >= 0.3 is 0 Å². The molecule has 1 unspecified atom stereocenters. The van der Waals surface area contributed by atoms with E-state index in [2.05, 4.69) is 32.9 Å². The largest absolute Gasteiger partial charge is 0.357 e. The van der Waals surface area contributed by atoms with Gasteiger partial charge in [0.25, 0.3) is 0 Å². The average molecular weight is 373 g/mol. The lowest BCUT2D eigenvalue weighted by molar-refractivity contribution is -0.0406. The molecule has 3 heterocycles. The molecule has 5 nitrogen and oxygen atoms in total. The lowest BCUT2D eigenvalue weighted by Crippen LogP contribution is -2.20. The predicted molar refractivity (Wildman–Crippen MR) is 92.0 cm³/mol. The molecule has 0 aliphatic carbocycles. The maximum Gasteiger partial charge on any atom is 0.150 e. The molecule has 0 bridgehead atoms. The highest BCUT2D eigenvalue weighted by Crippen LogP contribution is 2.29. The fraction of sp³-hybridized carbons (Fsp3) is 0.353. The van der Waals surface area contributed by atoms with E-state index in [0.29, 0.717) is 0 Å².